The zero-order chi connectivity index (χ0) is 21.6. The van der Waals surface area contributed by atoms with Gasteiger partial charge in [0.2, 0.25) is 0 Å². The van der Waals surface area contributed by atoms with Crippen molar-refractivity contribution in [3.8, 4) is 0 Å². The predicted molar refractivity (Wildman–Crippen MR) is 118 cm³/mol. The summed E-state index contributed by atoms with van der Waals surface area (Å²) in [6.07, 6.45) is 3.02. The molecule has 4 aromatic rings. The van der Waals surface area contributed by atoms with Crippen LogP contribution in [0.4, 0.5) is 16.5 Å². The van der Waals surface area contributed by atoms with Crippen LogP contribution in [0.15, 0.2) is 82.9 Å². The summed E-state index contributed by atoms with van der Waals surface area (Å²) in [5, 5.41) is 10.4. The Bertz CT molecular complexity index is 1200. The van der Waals surface area contributed by atoms with Gasteiger partial charge in [0.05, 0.1) is 6.26 Å². The van der Waals surface area contributed by atoms with Crippen molar-refractivity contribution in [2.75, 3.05) is 16.0 Å². The molecular weight excluding hydrogens is 416 g/mol. The number of aromatic nitrogens is 1. The molecule has 9 heteroatoms. The second-order valence-electron chi connectivity index (χ2n) is 6.34. The van der Waals surface area contributed by atoms with Crippen molar-refractivity contribution in [3.63, 3.8) is 0 Å². The van der Waals surface area contributed by atoms with E-state index in [1.807, 2.05) is 0 Å². The van der Waals surface area contributed by atoms with Crippen LogP contribution in [-0.4, -0.2) is 22.7 Å². The highest BCUT2D eigenvalue weighted by Crippen LogP contribution is 2.17. The largest absolute Gasteiger partial charge is 0.459 e. The molecule has 0 spiro atoms. The highest BCUT2D eigenvalue weighted by Gasteiger charge is 2.12. The van der Waals surface area contributed by atoms with Crippen LogP contribution in [0.3, 0.4) is 0 Å². The first kappa shape index (κ1) is 20.0. The minimum atomic E-state index is -0.408. The standard InChI is InChI=1S/C22H16N4O4S/c27-19(26-22-23-10-12-31-22)14-6-8-16(9-7-14)24-20(28)15-3-1-4-17(13-15)25-21(29)18-5-2-11-30-18/h1-13H,(H,24,28)(H,25,29)(H,23,26,27). The molecule has 2 aromatic heterocycles. The van der Waals surface area contributed by atoms with Crippen molar-refractivity contribution in [2.24, 2.45) is 0 Å². The summed E-state index contributed by atoms with van der Waals surface area (Å²) in [6.45, 7) is 0. The molecule has 0 bridgehead atoms. The third-order valence-corrected chi connectivity index (χ3v) is 4.87. The zero-order valence-electron chi connectivity index (χ0n) is 16.0. The van der Waals surface area contributed by atoms with Crippen LogP contribution in [-0.2, 0) is 0 Å². The number of hydrogen-bond acceptors (Lipinski definition) is 6. The summed E-state index contributed by atoms with van der Waals surface area (Å²) in [6, 6.07) is 16.2. The number of rotatable bonds is 6. The molecule has 0 saturated carbocycles. The number of carbonyl (C=O) groups excluding carboxylic acids is 3. The Hall–Kier alpha value is -4.24. The lowest BCUT2D eigenvalue weighted by Crippen LogP contribution is -2.15. The Morgan fingerprint density at radius 1 is 0.774 bits per heavy atom. The average molecular weight is 432 g/mol. The third kappa shape index (κ3) is 5.03. The number of anilines is 3. The van der Waals surface area contributed by atoms with Gasteiger partial charge in [-0.05, 0) is 54.6 Å². The lowest BCUT2D eigenvalue weighted by atomic mass is 10.1. The van der Waals surface area contributed by atoms with Crippen molar-refractivity contribution in [1.82, 2.24) is 4.98 Å². The van der Waals surface area contributed by atoms with Gasteiger partial charge in [-0.15, -0.1) is 11.3 Å². The summed E-state index contributed by atoms with van der Waals surface area (Å²) >= 11 is 1.33. The summed E-state index contributed by atoms with van der Waals surface area (Å²) < 4.78 is 5.06. The topological polar surface area (TPSA) is 113 Å². The molecule has 0 saturated heterocycles. The molecule has 0 fully saturated rings. The zero-order valence-corrected chi connectivity index (χ0v) is 16.8. The van der Waals surface area contributed by atoms with E-state index in [1.54, 1.807) is 72.2 Å². The highest BCUT2D eigenvalue weighted by atomic mass is 32.1. The van der Waals surface area contributed by atoms with Gasteiger partial charge < -0.3 is 15.1 Å². The van der Waals surface area contributed by atoms with Crippen LogP contribution < -0.4 is 16.0 Å². The molecule has 0 radical (unpaired) electrons. The smallest absolute Gasteiger partial charge is 0.291 e. The van der Waals surface area contributed by atoms with E-state index in [1.165, 1.54) is 17.6 Å². The van der Waals surface area contributed by atoms with E-state index < -0.39 is 5.91 Å². The molecule has 0 atom stereocenters. The lowest BCUT2D eigenvalue weighted by molar-refractivity contribution is 0.0992. The monoisotopic (exact) mass is 432 g/mol. The SMILES string of the molecule is O=C(Nc1ccc(C(=O)Nc2nccs2)cc1)c1cccc(NC(=O)c2ccco2)c1. The Morgan fingerprint density at radius 3 is 2.26 bits per heavy atom. The summed E-state index contributed by atoms with van der Waals surface area (Å²) in [5.74, 6) is -0.870. The maximum atomic E-state index is 12.6. The van der Waals surface area contributed by atoms with Crippen molar-refractivity contribution < 1.29 is 18.8 Å². The molecule has 3 amide bonds. The molecule has 4 rings (SSSR count). The highest BCUT2D eigenvalue weighted by molar-refractivity contribution is 7.13. The first-order chi connectivity index (χ1) is 15.1. The van der Waals surface area contributed by atoms with E-state index in [9.17, 15) is 14.4 Å². The molecule has 154 valence electrons. The van der Waals surface area contributed by atoms with Crippen LogP contribution >= 0.6 is 11.3 Å². The van der Waals surface area contributed by atoms with Crippen molar-refractivity contribution in [2.45, 2.75) is 0 Å². The van der Waals surface area contributed by atoms with Crippen LogP contribution in [0.25, 0.3) is 0 Å². The molecule has 2 heterocycles. The van der Waals surface area contributed by atoms with E-state index in [4.69, 9.17) is 4.42 Å². The van der Waals surface area contributed by atoms with Gasteiger partial charge in [0.15, 0.2) is 10.9 Å². The summed E-state index contributed by atoms with van der Waals surface area (Å²) in [7, 11) is 0. The maximum Gasteiger partial charge on any atom is 0.291 e. The second-order valence-corrected chi connectivity index (χ2v) is 7.23. The lowest BCUT2D eigenvalue weighted by Gasteiger charge is -2.08. The molecule has 31 heavy (non-hydrogen) atoms. The van der Waals surface area contributed by atoms with Gasteiger partial charge in [0, 0.05) is 34.1 Å². The van der Waals surface area contributed by atoms with E-state index in [2.05, 4.69) is 20.9 Å². The minimum absolute atomic E-state index is 0.175. The normalized spacial score (nSPS) is 10.3. The van der Waals surface area contributed by atoms with Crippen LogP contribution in [0.2, 0.25) is 0 Å². The summed E-state index contributed by atoms with van der Waals surface area (Å²) in [4.78, 5) is 40.9. The maximum absolute atomic E-state index is 12.6. The Morgan fingerprint density at radius 2 is 1.55 bits per heavy atom. The Labute approximate surface area is 180 Å². The molecule has 0 unspecified atom stereocenters. The number of benzene rings is 2. The molecule has 0 aliphatic carbocycles. The van der Waals surface area contributed by atoms with Gasteiger partial charge in [0.1, 0.15) is 0 Å². The fraction of sp³-hybridized carbons (Fsp3) is 0. The van der Waals surface area contributed by atoms with E-state index in [0.717, 1.165) is 0 Å². The number of amides is 3. The molecule has 3 N–H and O–H groups in total. The molecule has 0 aliphatic rings. The molecule has 2 aromatic carbocycles. The fourth-order valence-corrected chi connectivity index (χ4v) is 3.23. The fourth-order valence-electron chi connectivity index (χ4n) is 2.70. The van der Waals surface area contributed by atoms with E-state index >= 15 is 0 Å². The van der Waals surface area contributed by atoms with Crippen molar-refractivity contribution in [3.05, 3.63) is 95.4 Å². The number of furan rings is 1. The Balaban J connectivity index is 1.39. The second kappa shape index (κ2) is 9.06. The van der Waals surface area contributed by atoms with E-state index in [-0.39, 0.29) is 17.6 Å². The number of thiazole rings is 1. The van der Waals surface area contributed by atoms with Gasteiger partial charge in [0.25, 0.3) is 17.7 Å². The average Bonchev–Trinajstić information content (AvgIpc) is 3.49. The van der Waals surface area contributed by atoms with E-state index in [0.29, 0.717) is 27.6 Å². The van der Waals surface area contributed by atoms with Gasteiger partial charge in [-0.25, -0.2) is 4.98 Å². The summed E-state index contributed by atoms with van der Waals surface area (Å²) in [5.41, 5.74) is 1.79. The molecular formula is C22H16N4O4S. The van der Waals surface area contributed by atoms with Gasteiger partial charge in [-0.3, -0.25) is 19.7 Å². The predicted octanol–water partition coefficient (Wildman–Crippen LogP) is 4.49. The van der Waals surface area contributed by atoms with Crippen molar-refractivity contribution in [1.29, 1.82) is 0 Å². The quantitative estimate of drug-likeness (QED) is 0.415. The third-order valence-electron chi connectivity index (χ3n) is 4.19. The minimum Gasteiger partial charge on any atom is -0.459 e. The first-order valence-corrected chi connectivity index (χ1v) is 10.0. The van der Waals surface area contributed by atoms with Gasteiger partial charge >= 0.3 is 0 Å². The van der Waals surface area contributed by atoms with Crippen LogP contribution in [0.1, 0.15) is 31.3 Å². The van der Waals surface area contributed by atoms with Gasteiger partial charge in [-0.2, -0.15) is 0 Å². The number of nitrogens with one attached hydrogen (secondary N) is 3. The molecule has 0 aliphatic heterocycles. The molecule has 8 nitrogen and oxygen atoms in total. The number of carbonyl (C=O) groups is 3. The van der Waals surface area contributed by atoms with Crippen molar-refractivity contribution >= 4 is 45.6 Å². The number of nitrogens with zero attached hydrogens (tertiary/aromatic N) is 1. The first-order valence-electron chi connectivity index (χ1n) is 9.16. The Kier molecular flexibility index (Phi) is 5.86. The number of hydrogen-bond donors (Lipinski definition) is 3. The van der Waals surface area contributed by atoms with Crippen LogP contribution in [0.5, 0.6) is 0 Å². The van der Waals surface area contributed by atoms with Gasteiger partial charge in [-0.1, -0.05) is 6.07 Å². The van der Waals surface area contributed by atoms with Crippen LogP contribution in [0, 0.1) is 0 Å².